The topological polar surface area (TPSA) is 68.3 Å². The highest BCUT2D eigenvalue weighted by Crippen LogP contribution is 2.12. The third-order valence-electron chi connectivity index (χ3n) is 2.00. The second kappa shape index (κ2) is 7.01. The summed E-state index contributed by atoms with van der Waals surface area (Å²) < 4.78 is 4.75. The maximum atomic E-state index is 11.6. The monoisotopic (exact) mass is 256 g/mol. The average Bonchev–Trinajstić information content (AvgIpc) is 2.77. The van der Waals surface area contributed by atoms with Crippen molar-refractivity contribution in [1.29, 1.82) is 0 Å². The van der Waals surface area contributed by atoms with Crippen LogP contribution in [0.5, 0.6) is 0 Å². The molecule has 1 aromatic rings. The number of nitrogens with zero attached hydrogens (tertiary/aromatic N) is 1. The Kier molecular flexibility index (Phi) is 5.62. The smallest absolute Gasteiger partial charge is 0.307 e. The van der Waals surface area contributed by atoms with E-state index in [1.807, 2.05) is 6.92 Å². The third kappa shape index (κ3) is 4.52. The largest absolute Gasteiger partial charge is 0.466 e. The molecule has 17 heavy (non-hydrogen) atoms. The molecule has 0 aliphatic carbocycles. The predicted octanol–water partition coefficient (Wildman–Crippen LogP) is 1.39. The van der Waals surface area contributed by atoms with E-state index in [9.17, 15) is 9.59 Å². The molecule has 0 saturated heterocycles. The van der Waals surface area contributed by atoms with Gasteiger partial charge in [0.2, 0.25) is 0 Å². The number of hydrogen-bond acceptors (Lipinski definition) is 5. The number of rotatable bonds is 6. The Labute approximate surface area is 104 Å². The lowest BCUT2D eigenvalue weighted by Gasteiger charge is -2.03. The SMILES string of the molecule is CCOC(=O)CCNC(=O)c1cnc(CC)s1. The normalized spacial score (nSPS) is 10.0. The third-order valence-corrected chi connectivity index (χ3v) is 3.14. The number of nitrogens with one attached hydrogen (secondary N) is 1. The maximum absolute atomic E-state index is 11.6. The first-order valence-corrected chi connectivity index (χ1v) is 6.37. The lowest BCUT2D eigenvalue weighted by atomic mass is 10.4. The molecular formula is C11H16N2O3S. The van der Waals surface area contributed by atoms with Crippen LogP contribution in [-0.4, -0.2) is 30.0 Å². The molecule has 5 nitrogen and oxygen atoms in total. The molecule has 0 atom stereocenters. The van der Waals surface area contributed by atoms with E-state index in [-0.39, 0.29) is 24.8 Å². The van der Waals surface area contributed by atoms with E-state index in [1.165, 1.54) is 11.3 Å². The Morgan fingerprint density at radius 1 is 1.47 bits per heavy atom. The number of amides is 1. The van der Waals surface area contributed by atoms with Crippen molar-refractivity contribution in [2.24, 2.45) is 0 Å². The fourth-order valence-electron chi connectivity index (χ4n) is 1.18. The fourth-order valence-corrected chi connectivity index (χ4v) is 1.95. The standard InChI is InChI=1S/C11H16N2O3S/c1-3-9-13-7-8(17-9)11(15)12-6-5-10(14)16-4-2/h7H,3-6H2,1-2H3,(H,12,15). The van der Waals surface area contributed by atoms with Gasteiger partial charge < -0.3 is 10.1 Å². The van der Waals surface area contributed by atoms with Gasteiger partial charge in [0.1, 0.15) is 4.88 Å². The first-order valence-electron chi connectivity index (χ1n) is 5.55. The number of thiazole rings is 1. The van der Waals surface area contributed by atoms with E-state index in [2.05, 4.69) is 10.3 Å². The molecule has 0 radical (unpaired) electrons. The summed E-state index contributed by atoms with van der Waals surface area (Å²) in [4.78, 5) is 27.3. The molecule has 0 aliphatic rings. The van der Waals surface area contributed by atoms with Crippen molar-refractivity contribution in [3.05, 3.63) is 16.1 Å². The van der Waals surface area contributed by atoms with Gasteiger partial charge in [0.05, 0.1) is 24.2 Å². The van der Waals surface area contributed by atoms with Crippen molar-refractivity contribution in [3.63, 3.8) is 0 Å². The first kappa shape index (κ1) is 13.6. The van der Waals surface area contributed by atoms with Crippen LogP contribution in [0.4, 0.5) is 0 Å². The van der Waals surface area contributed by atoms with E-state index in [0.29, 0.717) is 11.5 Å². The van der Waals surface area contributed by atoms with Gasteiger partial charge in [-0.05, 0) is 13.3 Å². The average molecular weight is 256 g/mol. The highest BCUT2D eigenvalue weighted by molar-refractivity contribution is 7.13. The van der Waals surface area contributed by atoms with Crippen molar-refractivity contribution >= 4 is 23.2 Å². The summed E-state index contributed by atoms with van der Waals surface area (Å²) in [5.74, 6) is -0.488. The fraction of sp³-hybridized carbons (Fsp3) is 0.545. The van der Waals surface area contributed by atoms with Crippen molar-refractivity contribution < 1.29 is 14.3 Å². The molecule has 94 valence electrons. The minimum Gasteiger partial charge on any atom is -0.466 e. The van der Waals surface area contributed by atoms with Crippen LogP contribution in [-0.2, 0) is 16.0 Å². The molecule has 0 spiro atoms. The highest BCUT2D eigenvalue weighted by atomic mass is 32.1. The van der Waals surface area contributed by atoms with Crippen LogP contribution >= 0.6 is 11.3 Å². The lowest BCUT2D eigenvalue weighted by Crippen LogP contribution is -2.25. The quantitative estimate of drug-likeness (QED) is 0.781. The van der Waals surface area contributed by atoms with E-state index in [0.717, 1.165) is 11.4 Å². The Morgan fingerprint density at radius 2 is 2.24 bits per heavy atom. The molecule has 1 amide bonds. The molecule has 0 bridgehead atoms. The first-order chi connectivity index (χ1) is 8.17. The van der Waals surface area contributed by atoms with Crippen LogP contribution in [0.3, 0.4) is 0 Å². The van der Waals surface area contributed by atoms with E-state index >= 15 is 0 Å². The van der Waals surface area contributed by atoms with Gasteiger partial charge in [0, 0.05) is 6.54 Å². The van der Waals surface area contributed by atoms with E-state index in [4.69, 9.17) is 4.74 Å². The van der Waals surface area contributed by atoms with Crippen molar-refractivity contribution in [3.8, 4) is 0 Å². The zero-order valence-corrected chi connectivity index (χ0v) is 10.8. The molecule has 1 N–H and O–H groups in total. The zero-order chi connectivity index (χ0) is 12.7. The molecule has 0 aromatic carbocycles. The molecule has 1 heterocycles. The second-order valence-electron chi connectivity index (χ2n) is 3.28. The van der Waals surface area contributed by atoms with Gasteiger partial charge in [-0.2, -0.15) is 0 Å². The summed E-state index contributed by atoms with van der Waals surface area (Å²) >= 11 is 1.37. The van der Waals surface area contributed by atoms with Gasteiger partial charge in [0.15, 0.2) is 0 Å². The summed E-state index contributed by atoms with van der Waals surface area (Å²) in [7, 11) is 0. The number of esters is 1. The van der Waals surface area contributed by atoms with Crippen LogP contribution in [0.15, 0.2) is 6.20 Å². The molecule has 0 aliphatic heterocycles. The second-order valence-corrected chi connectivity index (χ2v) is 4.40. The molecular weight excluding hydrogens is 240 g/mol. The summed E-state index contributed by atoms with van der Waals surface area (Å²) in [6.07, 6.45) is 2.57. The van der Waals surface area contributed by atoms with Crippen molar-refractivity contribution in [2.45, 2.75) is 26.7 Å². The van der Waals surface area contributed by atoms with Crippen LogP contribution in [0.1, 0.15) is 34.9 Å². The molecule has 6 heteroatoms. The number of ether oxygens (including phenoxy) is 1. The Bertz CT molecular complexity index is 390. The molecule has 0 saturated carbocycles. The summed E-state index contributed by atoms with van der Waals surface area (Å²) in [5, 5.41) is 3.59. The van der Waals surface area contributed by atoms with Crippen LogP contribution < -0.4 is 5.32 Å². The summed E-state index contributed by atoms with van der Waals surface area (Å²) in [6, 6.07) is 0. The highest BCUT2D eigenvalue weighted by Gasteiger charge is 2.10. The van der Waals surface area contributed by atoms with Crippen LogP contribution in [0, 0.1) is 0 Å². The van der Waals surface area contributed by atoms with Gasteiger partial charge in [-0.15, -0.1) is 11.3 Å². The predicted molar refractivity (Wildman–Crippen MR) is 65.1 cm³/mol. The lowest BCUT2D eigenvalue weighted by molar-refractivity contribution is -0.142. The summed E-state index contributed by atoms with van der Waals surface area (Å²) in [5.41, 5.74) is 0. The van der Waals surface area contributed by atoms with Crippen molar-refractivity contribution in [1.82, 2.24) is 10.3 Å². The minimum absolute atomic E-state index is 0.188. The van der Waals surface area contributed by atoms with Gasteiger partial charge in [-0.3, -0.25) is 9.59 Å². The van der Waals surface area contributed by atoms with E-state index < -0.39 is 0 Å². The Hall–Kier alpha value is -1.43. The Balaban J connectivity index is 2.32. The van der Waals surface area contributed by atoms with Crippen LogP contribution in [0.25, 0.3) is 0 Å². The van der Waals surface area contributed by atoms with Crippen molar-refractivity contribution in [2.75, 3.05) is 13.2 Å². The molecule has 0 fully saturated rings. The number of aromatic nitrogens is 1. The Morgan fingerprint density at radius 3 is 2.82 bits per heavy atom. The molecule has 1 rings (SSSR count). The maximum Gasteiger partial charge on any atom is 0.307 e. The zero-order valence-electron chi connectivity index (χ0n) is 9.99. The number of carbonyl (C=O) groups excluding carboxylic acids is 2. The minimum atomic E-state index is -0.300. The van der Waals surface area contributed by atoms with Gasteiger partial charge in [0.25, 0.3) is 5.91 Å². The van der Waals surface area contributed by atoms with Crippen LogP contribution in [0.2, 0.25) is 0 Å². The molecule has 0 unspecified atom stereocenters. The van der Waals surface area contributed by atoms with Gasteiger partial charge >= 0.3 is 5.97 Å². The number of hydrogen-bond donors (Lipinski definition) is 1. The number of aryl methyl sites for hydroxylation is 1. The van der Waals surface area contributed by atoms with E-state index in [1.54, 1.807) is 13.1 Å². The van der Waals surface area contributed by atoms with Gasteiger partial charge in [-0.25, -0.2) is 4.98 Å². The molecule has 1 aromatic heterocycles. The van der Waals surface area contributed by atoms with Gasteiger partial charge in [-0.1, -0.05) is 6.92 Å². The summed E-state index contributed by atoms with van der Waals surface area (Å²) in [6.45, 7) is 4.39. The number of carbonyl (C=O) groups is 2.